The molecular formula is C35H45N3O4. The second kappa shape index (κ2) is 13.0. The minimum Gasteiger partial charge on any atom is -0.444 e. The van der Waals surface area contributed by atoms with Gasteiger partial charge in [0, 0.05) is 11.7 Å². The third kappa shape index (κ3) is 7.30. The highest BCUT2D eigenvalue weighted by Crippen LogP contribution is 2.36. The average Bonchev–Trinajstić information content (AvgIpc) is 2.90. The molecule has 3 amide bonds. The maximum atomic E-state index is 14.6. The Labute approximate surface area is 250 Å². The summed E-state index contributed by atoms with van der Waals surface area (Å²) < 4.78 is 5.53. The van der Waals surface area contributed by atoms with Gasteiger partial charge < -0.3 is 20.3 Å². The molecule has 1 fully saturated rings. The van der Waals surface area contributed by atoms with Crippen molar-refractivity contribution < 1.29 is 19.1 Å². The first-order chi connectivity index (χ1) is 19.9. The van der Waals surface area contributed by atoms with Crippen molar-refractivity contribution in [3.05, 3.63) is 77.4 Å². The Hall–Kier alpha value is -3.87. The van der Waals surface area contributed by atoms with Gasteiger partial charge in [0.2, 0.25) is 5.91 Å². The molecule has 4 rings (SSSR count). The number of rotatable bonds is 9. The fourth-order valence-electron chi connectivity index (χ4n) is 5.31. The second-order valence-electron chi connectivity index (χ2n) is 12.6. The number of nitrogens with zero attached hydrogens (tertiary/aromatic N) is 1. The number of carbonyl (C=O) groups is 3. The van der Waals surface area contributed by atoms with Gasteiger partial charge in [-0.25, -0.2) is 4.79 Å². The summed E-state index contributed by atoms with van der Waals surface area (Å²) in [6.45, 7) is 13.4. The van der Waals surface area contributed by atoms with Crippen LogP contribution in [0.1, 0.15) is 83.0 Å². The van der Waals surface area contributed by atoms with Crippen molar-refractivity contribution in [3.63, 3.8) is 0 Å². The van der Waals surface area contributed by atoms with E-state index in [0.29, 0.717) is 12.1 Å². The molecule has 42 heavy (non-hydrogen) atoms. The number of nitrogens with one attached hydrogen (secondary N) is 2. The van der Waals surface area contributed by atoms with Crippen molar-refractivity contribution in [3.8, 4) is 0 Å². The van der Waals surface area contributed by atoms with Crippen molar-refractivity contribution in [2.45, 2.75) is 97.9 Å². The normalized spacial score (nSPS) is 15.7. The van der Waals surface area contributed by atoms with Crippen molar-refractivity contribution in [2.75, 3.05) is 5.32 Å². The van der Waals surface area contributed by atoms with Gasteiger partial charge in [-0.15, -0.1) is 0 Å². The molecule has 0 bridgehead atoms. The van der Waals surface area contributed by atoms with Crippen LogP contribution in [0, 0.1) is 19.8 Å². The van der Waals surface area contributed by atoms with Crippen LogP contribution < -0.4 is 10.6 Å². The Bertz CT molecular complexity index is 1440. The lowest BCUT2D eigenvalue weighted by atomic mass is 9.86. The van der Waals surface area contributed by atoms with Gasteiger partial charge in [-0.1, -0.05) is 68.8 Å². The molecule has 1 saturated carbocycles. The number of hydrogen-bond donors (Lipinski definition) is 2. The zero-order chi connectivity index (χ0) is 30.6. The van der Waals surface area contributed by atoms with Crippen LogP contribution in [0.3, 0.4) is 0 Å². The molecule has 1 aliphatic rings. The van der Waals surface area contributed by atoms with Crippen LogP contribution in [-0.4, -0.2) is 40.5 Å². The van der Waals surface area contributed by atoms with Crippen LogP contribution in [0.5, 0.6) is 0 Å². The van der Waals surface area contributed by atoms with Gasteiger partial charge in [0.05, 0.1) is 0 Å². The number of alkyl carbamates (subject to hydrolysis) is 1. The molecule has 3 unspecified atom stereocenters. The maximum Gasteiger partial charge on any atom is 0.408 e. The molecule has 0 heterocycles. The van der Waals surface area contributed by atoms with Gasteiger partial charge in [0.1, 0.15) is 17.7 Å². The lowest BCUT2D eigenvalue weighted by Crippen LogP contribution is -2.58. The van der Waals surface area contributed by atoms with E-state index in [2.05, 4.69) is 10.6 Å². The predicted octanol–water partition coefficient (Wildman–Crippen LogP) is 7.46. The molecule has 0 aromatic heterocycles. The van der Waals surface area contributed by atoms with E-state index in [1.807, 2.05) is 88.4 Å². The number of fused-ring (bicyclic) bond motifs is 1. The van der Waals surface area contributed by atoms with E-state index in [4.69, 9.17) is 4.74 Å². The molecule has 0 radical (unpaired) electrons. The predicted molar refractivity (Wildman–Crippen MR) is 168 cm³/mol. The molecule has 7 heteroatoms. The summed E-state index contributed by atoms with van der Waals surface area (Å²) in [5.74, 6) is -0.720. The van der Waals surface area contributed by atoms with Gasteiger partial charge in [0.25, 0.3) is 5.91 Å². The first-order valence-electron chi connectivity index (χ1n) is 15.1. The van der Waals surface area contributed by atoms with Crippen molar-refractivity contribution in [1.29, 1.82) is 0 Å². The van der Waals surface area contributed by atoms with Crippen molar-refractivity contribution >= 4 is 34.4 Å². The van der Waals surface area contributed by atoms with Crippen LogP contribution in [0.4, 0.5) is 10.5 Å². The number of amides is 3. The lowest BCUT2D eigenvalue weighted by Gasteiger charge is -2.44. The summed E-state index contributed by atoms with van der Waals surface area (Å²) in [6, 6.07) is 17.9. The highest BCUT2D eigenvalue weighted by Gasteiger charge is 2.43. The number of aryl methyl sites for hydroxylation is 2. The fraction of sp³-hybridized carbons (Fsp3) is 0.457. The largest absolute Gasteiger partial charge is 0.444 e. The molecule has 2 N–H and O–H groups in total. The minimum absolute atomic E-state index is 0.113. The highest BCUT2D eigenvalue weighted by atomic mass is 16.6. The van der Waals surface area contributed by atoms with E-state index >= 15 is 0 Å². The zero-order valence-electron chi connectivity index (χ0n) is 26.0. The summed E-state index contributed by atoms with van der Waals surface area (Å²) in [5.41, 5.74) is 2.86. The van der Waals surface area contributed by atoms with E-state index in [-0.39, 0.29) is 23.8 Å². The third-order valence-corrected chi connectivity index (χ3v) is 8.26. The molecule has 0 spiro atoms. The van der Waals surface area contributed by atoms with Crippen LogP contribution in [-0.2, 0) is 14.3 Å². The van der Waals surface area contributed by atoms with E-state index in [9.17, 15) is 14.4 Å². The first-order valence-corrected chi connectivity index (χ1v) is 15.1. The standard InChI is InChI=1S/C35H45N3O4/c1-8-22(2)30(37-34(41)42-35(5,6)7)33(40)38(29-14-11-15-29)31(27-17-16-23(3)24(4)20-27)32(39)36-28-19-18-25-12-9-10-13-26(25)21-28/h9-10,12-13,16-22,29-31H,8,11,14-15H2,1-7H3,(H,36,39)(H,37,41). The van der Waals surface area contributed by atoms with E-state index < -0.39 is 23.8 Å². The Morgan fingerprint density at radius 2 is 1.64 bits per heavy atom. The minimum atomic E-state index is -0.874. The quantitative estimate of drug-likeness (QED) is 0.279. The number of anilines is 1. The summed E-state index contributed by atoms with van der Waals surface area (Å²) in [4.78, 5) is 43.5. The summed E-state index contributed by atoms with van der Waals surface area (Å²) >= 11 is 0. The molecule has 224 valence electrons. The number of carbonyl (C=O) groups excluding carboxylic acids is 3. The Morgan fingerprint density at radius 1 is 0.952 bits per heavy atom. The molecule has 3 aromatic carbocycles. The van der Waals surface area contributed by atoms with E-state index in [0.717, 1.165) is 46.7 Å². The molecule has 0 saturated heterocycles. The Balaban J connectivity index is 1.75. The molecule has 3 aromatic rings. The molecule has 3 atom stereocenters. The van der Waals surface area contributed by atoms with Gasteiger partial charge >= 0.3 is 6.09 Å². The van der Waals surface area contributed by atoms with Crippen LogP contribution in [0.25, 0.3) is 10.8 Å². The summed E-state index contributed by atoms with van der Waals surface area (Å²) in [6.07, 6.45) is 2.61. The van der Waals surface area contributed by atoms with Crippen molar-refractivity contribution in [1.82, 2.24) is 10.2 Å². The molecule has 7 nitrogen and oxygen atoms in total. The number of hydrogen-bond acceptors (Lipinski definition) is 4. The monoisotopic (exact) mass is 571 g/mol. The van der Waals surface area contributed by atoms with Crippen molar-refractivity contribution in [2.24, 2.45) is 5.92 Å². The van der Waals surface area contributed by atoms with E-state index in [1.54, 1.807) is 25.7 Å². The topological polar surface area (TPSA) is 87.7 Å². The molecule has 1 aliphatic carbocycles. The average molecular weight is 572 g/mol. The van der Waals surface area contributed by atoms with Gasteiger partial charge in [-0.2, -0.15) is 0 Å². The van der Waals surface area contributed by atoms with Crippen LogP contribution in [0.15, 0.2) is 60.7 Å². The first kappa shape index (κ1) is 31.1. The fourth-order valence-corrected chi connectivity index (χ4v) is 5.31. The zero-order valence-corrected chi connectivity index (χ0v) is 26.0. The van der Waals surface area contributed by atoms with Gasteiger partial charge in [-0.05, 0) is 99.4 Å². The van der Waals surface area contributed by atoms with Crippen LogP contribution >= 0.6 is 0 Å². The third-order valence-electron chi connectivity index (χ3n) is 8.26. The highest BCUT2D eigenvalue weighted by molar-refractivity contribution is 6.00. The molecular weight excluding hydrogens is 526 g/mol. The van der Waals surface area contributed by atoms with Gasteiger partial charge in [0.15, 0.2) is 0 Å². The Kier molecular flexibility index (Phi) is 9.60. The summed E-state index contributed by atoms with van der Waals surface area (Å²) in [7, 11) is 0. The van der Waals surface area contributed by atoms with Crippen LogP contribution in [0.2, 0.25) is 0 Å². The maximum absolute atomic E-state index is 14.6. The smallest absolute Gasteiger partial charge is 0.408 e. The second-order valence-corrected chi connectivity index (χ2v) is 12.6. The lowest BCUT2D eigenvalue weighted by molar-refractivity contribution is -0.147. The number of benzene rings is 3. The van der Waals surface area contributed by atoms with E-state index in [1.165, 1.54) is 0 Å². The summed E-state index contributed by atoms with van der Waals surface area (Å²) in [5, 5.41) is 8.07. The Morgan fingerprint density at radius 3 is 2.24 bits per heavy atom. The number of ether oxygens (including phenoxy) is 1. The SMILES string of the molecule is CCC(C)C(NC(=O)OC(C)(C)C)C(=O)N(C1CCC1)C(C(=O)Nc1ccc2ccccc2c1)c1ccc(C)c(C)c1. The molecule has 0 aliphatic heterocycles. The van der Waals surface area contributed by atoms with Gasteiger partial charge in [-0.3, -0.25) is 9.59 Å².